The van der Waals surface area contributed by atoms with Crippen LogP contribution in [0.5, 0.6) is 0 Å². The Morgan fingerprint density at radius 3 is 2.59 bits per heavy atom. The summed E-state index contributed by atoms with van der Waals surface area (Å²) in [6, 6.07) is 20.5. The number of nitrogens with zero attached hydrogens (tertiary/aromatic N) is 2. The number of aromatic carboxylic acids is 1. The van der Waals surface area contributed by atoms with Gasteiger partial charge in [0.15, 0.2) is 5.17 Å². The zero-order chi connectivity index (χ0) is 20.4. The average Bonchev–Trinajstić information content (AvgIpc) is 3.02. The van der Waals surface area contributed by atoms with E-state index < -0.39 is 5.97 Å². The molecule has 1 amide bonds. The number of benzene rings is 3. The molecular weight excluding hydrogens is 384 g/mol. The van der Waals surface area contributed by atoms with Crippen molar-refractivity contribution in [1.82, 2.24) is 4.90 Å². The molecule has 1 aliphatic rings. The molecule has 29 heavy (non-hydrogen) atoms. The summed E-state index contributed by atoms with van der Waals surface area (Å²) < 4.78 is 0. The number of rotatable bonds is 4. The number of amides is 1. The van der Waals surface area contributed by atoms with Crippen molar-refractivity contribution in [3.05, 3.63) is 82.8 Å². The Morgan fingerprint density at radius 2 is 1.79 bits per heavy atom. The van der Waals surface area contributed by atoms with Gasteiger partial charge < -0.3 is 5.11 Å². The van der Waals surface area contributed by atoms with Gasteiger partial charge in [-0.1, -0.05) is 54.6 Å². The van der Waals surface area contributed by atoms with Crippen LogP contribution in [0.4, 0.5) is 5.69 Å². The molecule has 0 spiro atoms. The smallest absolute Gasteiger partial charge is 0.337 e. The summed E-state index contributed by atoms with van der Waals surface area (Å²) in [5.41, 5.74) is 1.40. The van der Waals surface area contributed by atoms with Crippen LogP contribution < -0.4 is 0 Å². The van der Waals surface area contributed by atoms with Crippen molar-refractivity contribution in [2.75, 3.05) is 6.54 Å². The first kappa shape index (κ1) is 19.0. The van der Waals surface area contributed by atoms with Crippen molar-refractivity contribution in [3.8, 4) is 0 Å². The van der Waals surface area contributed by atoms with Crippen LogP contribution in [-0.2, 0) is 4.79 Å². The van der Waals surface area contributed by atoms with E-state index >= 15 is 0 Å². The van der Waals surface area contributed by atoms with E-state index in [4.69, 9.17) is 0 Å². The van der Waals surface area contributed by atoms with Gasteiger partial charge in [-0.3, -0.25) is 9.69 Å². The zero-order valence-electron chi connectivity index (χ0n) is 15.7. The topological polar surface area (TPSA) is 70.0 Å². The summed E-state index contributed by atoms with van der Waals surface area (Å²) in [5.74, 6) is -1.18. The molecule has 1 N–H and O–H groups in total. The first-order valence-corrected chi connectivity index (χ1v) is 10.0. The molecule has 5 nitrogen and oxygen atoms in total. The number of likely N-dealkylation sites (N-methyl/N-ethyl adjacent to an activating group) is 1. The van der Waals surface area contributed by atoms with Gasteiger partial charge in [0.1, 0.15) is 0 Å². The van der Waals surface area contributed by atoms with Crippen LogP contribution in [0.15, 0.2) is 76.6 Å². The lowest BCUT2D eigenvalue weighted by molar-refractivity contribution is -0.122. The Bertz CT molecular complexity index is 1180. The van der Waals surface area contributed by atoms with Crippen molar-refractivity contribution in [2.45, 2.75) is 6.92 Å². The second-order valence-electron chi connectivity index (χ2n) is 6.45. The Kier molecular flexibility index (Phi) is 5.18. The third-order valence-electron chi connectivity index (χ3n) is 4.66. The molecule has 0 bridgehead atoms. The lowest BCUT2D eigenvalue weighted by atomic mass is 10.0. The SMILES string of the molecule is CCN1C(=O)/C(=C/c2cccc3ccccc23)SC1=Nc1ccccc1C(=O)O. The van der Waals surface area contributed by atoms with Gasteiger partial charge in [-0.15, -0.1) is 0 Å². The van der Waals surface area contributed by atoms with E-state index in [9.17, 15) is 14.7 Å². The molecule has 144 valence electrons. The van der Waals surface area contributed by atoms with Crippen molar-refractivity contribution in [2.24, 2.45) is 4.99 Å². The fourth-order valence-corrected chi connectivity index (χ4v) is 4.29. The minimum atomic E-state index is -1.05. The first-order valence-electron chi connectivity index (χ1n) is 9.18. The number of amidine groups is 1. The van der Waals surface area contributed by atoms with Gasteiger partial charge in [0.05, 0.1) is 16.2 Å². The van der Waals surface area contributed by atoms with Gasteiger partial charge in [0, 0.05) is 6.54 Å². The standard InChI is InChI=1S/C23H18N2O3S/c1-2-25-21(26)20(14-16-10-7-9-15-8-3-4-11-17(15)16)29-23(25)24-19-13-6-5-12-18(19)22(27)28/h3-14H,2H2,1H3,(H,27,28)/b20-14-,24-23?. The molecule has 6 heteroatoms. The number of carbonyl (C=O) groups excluding carboxylic acids is 1. The van der Waals surface area contributed by atoms with Gasteiger partial charge in [-0.2, -0.15) is 0 Å². The summed E-state index contributed by atoms with van der Waals surface area (Å²) in [4.78, 5) is 31.0. The number of hydrogen-bond donors (Lipinski definition) is 1. The Balaban J connectivity index is 1.76. The summed E-state index contributed by atoms with van der Waals surface area (Å²) in [7, 11) is 0. The maximum absolute atomic E-state index is 12.9. The van der Waals surface area contributed by atoms with Crippen molar-refractivity contribution in [3.63, 3.8) is 0 Å². The van der Waals surface area contributed by atoms with Gasteiger partial charge in [0.25, 0.3) is 5.91 Å². The molecule has 0 radical (unpaired) electrons. The number of fused-ring (bicyclic) bond motifs is 1. The van der Waals surface area contributed by atoms with Gasteiger partial charge in [-0.05, 0) is 53.2 Å². The highest BCUT2D eigenvalue weighted by Crippen LogP contribution is 2.35. The highest BCUT2D eigenvalue weighted by molar-refractivity contribution is 8.18. The number of carboxylic acid groups (broad SMARTS) is 1. The molecule has 3 aromatic rings. The maximum Gasteiger partial charge on any atom is 0.337 e. The van der Waals surface area contributed by atoms with E-state index in [1.165, 1.54) is 17.8 Å². The molecule has 1 aliphatic heterocycles. The lowest BCUT2D eigenvalue weighted by Gasteiger charge is -2.12. The zero-order valence-corrected chi connectivity index (χ0v) is 16.5. The minimum Gasteiger partial charge on any atom is -0.478 e. The third kappa shape index (κ3) is 3.67. The molecule has 3 aromatic carbocycles. The van der Waals surface area contributed by atoms with Gasteiger partial charge >= 0.3 is 5.97 Å². The van der Waals surface area contributed by atoms with Crippen molar-refractivity contribution >= 4 is 51.3 Å². The summed E-state index contributed by atoms with van der Waals surface area (Å²) >= 11 is 1.26. The van der Waals surface area contributed by atoms with Crippen LogP contribution in [0.25, 0.3) is 16.8 Å². The second-order valence-corrected chi connectivity index (χ2v) is 7.45. The number of carbonyl (C=O) groups is 2. The van der Waals surface area contributed by atoms with E-state index in [-0.39, 0.29) is 11.5 Å². The van der Waals surface area contributed by atoms with E-state index in [0.29, 0.717) is 22.3 Å². The monoisotopic (exact) mass is 402 g/mol. The number of carboxylic acids is 1. The molecule has 1 saturated heterocycles. The van der Waals surface area contributed by atoms with Crippen molar-refractivity contribution in [1.29, 1.82) is 0 Å². The normalized spacial score (nSPS) is 16.9. The molecule has 0 aliphatic carbocycles. The van der Waals surface area contributed by atoms with Crippen molar-refractivity contribution < 1.29 is 14.7 Å². The quantitative estimate of drug-likeness (QED) is 0.612. The lowest BCUT2D eigenvalue weighted by Crippen LogP contribution is -2.28. The van der Waals surface area contributed by atoms with Crippen LogP contribution in [0.1, 0.15) is 22.8 Å². The van der Waals surface area contributed by atoms with Crippen LogP contribution in [0.2, 0.25) is 0 Å². The number of aliphatic imine (C=N–C) groups is 1. The molecule has 0 saturated carbocycles. The third-order valence-corrected chi connectivity index (χ3v) is 5.67. The Morgan fingerprint density at radius 1 is 1.07 bits per heavy atom. The number of hydrogen-bond acceptors (Lipinski definition) is 4. The molecular formula is C23H18N2O3S. The van der Waals surface area contributed by atoms with Gasteiger partial charge in [0.2, 0.25) is 0 Å². The predicted molar refractivity (Wildman–Crippen MR) is 117 cm³/mol. The highest BCUT2D eigenvalue weighted by Gasteiger charge is 2.32. The van der Waals surface area contributed by atoms with E-state index in [1.807, 2.05) is 55.5 Å². The van der Waals surface area contributed by atoms with Crippen LogP contribution in [0.3, 0.4) is 0 Å². The second kappa shape index (κ2) is 7.93. The number of thioether (sulfide) groups is 1. The summed E-state index contributed by atoms with van der Waals surface area (Å²) in [5, 5.41) is 12.1. The van der Waals surface area contributed by atoms with Gasteiger partial charge in [-0.25, -0.2) is 9.79 Å². The highest BCUT2D eigenvalue weighted by atomic mass is 32.2. The summed E-state index contributed by atoms with van der Waals surface area (Å²) in [6.07, 6.45) is 1.88. The molecule has 4 rings (SSSR count). The molecule has 1 heterocycles. The van der Waals surface area contributed by atoms with E-state index in [1.54, 1.807) is 23.1 Å². The molecule has 1 fully saturated rings. The largest absolute Gasteiger partial charge is 0.478 e. The first-order chi connectivity index (χ1) is 14.1. The molecule has 0 unspecified atom stereocenters. The Hall–Kier alpha value is -3.38. The fraction of sp³-hybridized carbons (Fsp3) is 0.0870. The van der Waals surface area contributed by atoms with Crippen LogP contribution >= 0.6 is 11.8 Å². The summed E-state index contributed by atoms with van der Waals surface area (Å²) in [6.45, 7) is 2.32. The predicted octanol–water partition coefficient (Wildman–Crippen LogP) is 5.16. The van der Waals surface area contributed by atoms with E-state index in [0.717, 1.165) is 16.3 Å². The molecule has 0 atom stereocenters. The maximum atomic E-state index is 12.9. The minimum absolute atomic E-state index is 0.107. The van der Waals surface area contributed by atoms with Crippen LogP contribution in [-0.4, -0.2) is 33.6 Å². The number of para-hydroxylation sites is 1. The average molecular weight is 402 g/mol. The van der Waals surface area contributed by atoms with Crippen LogP contribution in [0, 0.1) is 0 Å². The van der Waals surface area contributed by atoms with E-state index in [2.05, 4.69) is 4.99 Å². The Labute approximate surface area is 172 Å². The fourth-order valence-electron chi connectivity index (χ4n) is 3.24. The molecule has 0 aromatic heterocycles.